The van der Waals surface area contributed by atoms with E-state index >= 15 is 0 Å². The van der Waals surface area contributed by atoms with E-state index < -0.39 is 18.8 Å². The van der Waals surface area contributed by atoms with Gasteiger partial charge >= 0.3 is 13.2 Å². The monoisotopic (exact) mass is 394 g/mol. The van der Waals surface area contributed by atoms with Gasteiger partial charge in [-0.15, -0.1) is 11.3 Å². The van der Waals surface area contributed by atoms with Crippen molar-refractivity contribution in [3.63, 3.8) is 0 Å². The molecule has 0 spiro atoms. The Labute approximate surface area is 163 Å². The third kappa shape index (κ3) is 5.12. The average molecular weight is 394 g/mol. The van der Waals surface area contributed by atoms with Crippen LogP contribution in [0.1, 0.15) is 48.0 Å². The Morgan fingerprint density at radius 2 is 1.78 bits per heavy atom. The molecular weight excluding hydrogens is 367 g/mol. The van der Waals surface area contributed by atoms with Crippen LogP contribution in [0.5, 0.6) is 0 Å². The van der Waals surface area contributed by atoms with E-state index in [-0.39, 0.29) is 16.9 Å². The van der Waals surface area contributed by atoms with Gasteiger partial charge in [-0.25, -0.2) is 4.79 Å². The third-order valence-electron chi connectivity index (χ3n) is 3.73. The Hall–Kier alpha value is -1.84. The van der Waals surface area contributed by atoms with Gasteiger partial charge in [-0.2, -0.15) is 0 Å². The van der Waals surface area contributed by atoms with Crippen molar-refractivity contribution in [1.29, 1.82) is 0 Å². The first kappa shape index (κ1) is 21.5. The molecular formula is C18H27BN2O5S. The second-order valence-corrected chi connectivity index (χ2v) is 9.85. The van der Waals surface area contributed by atoms with Crippen molar-refractivity contribution in [3.8, 4) is 0 Å². The number of aromatic nitrogens is 1. The summed E-state index contributed by atoms with van der Waals surface area (Å²) in [5.41, 5.74) is -0.366. The molecule has 0 aliphatic heterocycles. The summed E-state index contributed by atoms with van der Waals surface area (Å²) < 4.78 is 7.20. The Bertz CT molecular complexity index is 858. The Balaban J connectivity index is 2.45. The molecule has 148 valence electrons. The summed E-state index contributed by atoms with van der Waals surface area (Å²) >= 11 is 1.30. The maximum atomic E-state index is 12.6. The van der Waals surface area contributed by atoms with Crippen molar-refractivity contribution < 1.29 is 24.4 Å². The van der Waals surface area contributed by atoms with Crippen LogP contribution in [0, 0.1) is 5.41 Å². The van der Waals surface area contributed by atoms with Gasteiger partial charge in [0.25, 0.3) is 0 Å². The average Bonchev–Trinajstić information content (AvgIpc) is 2.99. The van der Waals surface area contributed by atoms with Gasteiger partial charge in [-0.1, -0.05) is 20.8 Å². The number of nitrogens with zero attached hydrogens (tertiary/aromatic N) is 2. The van der Waals surface area contributed by atoms with Crippen molar-refractivity contribution in [1.82, 2.24) is 4.57 Å². The fraction of sp³-hybridized carbons (Fsp3) is 0.556. The molecule has 0 aliphatic rings. The van der Waals surface area contributed by atoms with Crippen LogP contribution < -0.4 is 10.5 Å². The zero-order valence-corrected chi connectivity index (χ0v) is 17.7. The number of rotatable bonds is 3. The van der Waals surface area contributed by atoms with Crippen LogP contribution in [0.25, 0.3) is 10.2 Å². The first-order valence-corrected chi connectivity index (χ1v) is 9.52. The highest BCUT2D eigenvalue weighted by atomic mass is 32.1. The number of carbonyl (C=O) groups excluding carboxylic acids is 2. The van der Waals surface area contributed by atoms with E-state index in [1.54, 1.807) is 38.8 Å². The molecule has 2 heterocycles. The van der Waals surface area contributed by atoms with Crippen LogP contribution in [-0.2, 0) is 9.53 Å². The molecule has 2 aromatic heterocycles. The largest absolute Gasteiger partial charge is 0.506 e. The van der Waals surface area contributed by atoms with Gasteiger partial charge in [0.15, 0.2) is 0 Å². The summed E-state index contributed by atoms with van der Waals surface area (Å²) in [7, 11) is -0.126. The molecule has 2 N–H and O–H groups in total. The molecule has 27 heavy (non-hydrogen) atoms. The highest BCUT2D eigenvalue weighted by Crippen LogP contribution is 2.34. The van der Waals surface area contributed by atoms with Crippen LogP contribution in [0.4, 0.5) is 9.80 Å². The Kier molecular flexibility index (Phi) is 5.80. The lowest BCUT2D eigenvalue weighted by atomic mass is 9.86. The highest BCUT2D eigenvalue weighted by molar-refractivity contribution is 7.23. The second kappa shape index (κ2) is 7.29. The molecule has 0 saturated heterocycles. The number of fused-ring (bicyclic) bond motifs is 1. The van der Waals surface area contributed by atoms with Gasteiger partial charge in [0.2, 0.25) is 5.91 Å². The predicted octanol–water partition coefficient (Wildman–Crippen LogP) is 2.56. The lowest BCUT2D eigenvalue weighted by Gasteiger charge is -2.22. The number of hydrogen-bond donors (Lipinski definition) is 2. The normalized spacial score (nSPS) is 12.3. The predicted molar refractivity (Wildman–Crippen MR) is 109 cm³/mol. The van der Waals surface area contributed by atoms with Crippen LogP contribution in [-0.4, -0.2) is 46.4 Å². The fourth-order valence-corrected chi connectivity index (χ4v) is 3.63. The van der Waals surface area contributed by atoms with Crippen molar-refractivity contribution in [2.24, 2.45) is 5.41 Å². The van der Waals surface area contributed by atoms with Gasteiger partial charge in [-0.3, -0.25) is 9.36 Å². The lowest BCUT2D eigenvalue weighted by molar-refractivity contribution is -0.119. The number of ether oxygens (including phenoxy) is 1. The molecule has 0 bridgehead atoms. The molecule has 1 amide bonds. The van der Waals surface area contributed by atoms with E-state index in [2.05, 4.69) is 0 Å². The summed E-state index contributed by atoms with van der Waals surface area (Å²) in [6.07, 6.45) is -0.313. The Morgan fingerprint density at radius 1 is 1.19 bits per heavy atom. The molecule has 2 aromatic rings. The standard InChI is InChI=1S/C18H27BN2O5S/c1-17(2,3)10-14(22)20(7)15-8-11-12(27-15)9-13(19(24)25)21(11)16(23)26-18(4,5)6/h8-9,24-25H,10H2,1-7H3. The van der Waals surface area contributed by atoms with Crippen LogP contribution in [0.15, 0.2) is 12.1 Å². The molecule has 0 radical (unpaired) electrons. The van der Waals surface area contributed by atoms with Gasteiger partial charge in [0.05, 0.1) is 20.8 Å². The van der Waals surface area contributed by atoms with Crippen LogP contribution in [0.2, 0.25) is 0 Å². The number of anilines is 1. The van der Waals surface area contributed by atoms with E-state index in [4.69, 9.17) is 4.74 Å². The van der Waals surface area contributed by atoms with E-state index in [1.807, 2.05) is 20.8 Å². The lowest BCUT2D eigenvalue weighted by Crippen LogP contribution is -2.41. The molecule has 0 aromatic carbocycles. The minimum atomic E-state index is -1.82. The van der Waals surface area contributed by atoms with E-state index in [9.17, 15) is 19.6 Å². The molecule has 0 fully saturated rings. The topological polar surface area (TPSA) is 92.0 Å². The first-order valence-electron chi connectivity index (χ1n) is 8.71. The summed E-state index contributed by atoms with van der Waals surface area (Å²) in [6.45, 7) is 11.2. The van der Waals surface area contributed by atoms with E-state index in [1.165, 1.54) is 17.4 Å². The van der Waals surface area contributed by atoms with Gasteiger partial charge in [-0.05, 0) is 38.3 Å². The zero-order valence-electron chi connectivity index (χ0n) is 16.9. The van der Waals surface area contributed by atoms with Gasteiger partial charge < -0.3 is 19.7 Å². The number of carbonyl (C=O) groups is 2. The zero-order chi connectivity index (χ0) is 20.7. The first-order chi connectivity index (χ1) is 12.2. The summed E-state index contributed by atoms with van der Waals surface area (Å²) in [4.78, 5) is 26.7. The molecule has 7 nitrogen and oxygen atoms in total. The second-order valence-electron chi connectivity index (χ2n) is 8.78. The summed E-state index contributed by atoms with van der Waals surface area (Å²) in [6, 6.07) is 3.22. The Morgan fingerprint density at radius 3 is 2.26 bits per heavy atom. The molecule has 0 unspecified atom stereocenters. The smallest absolute Gasteiger partial charge is 0.443 e. The van der Waals surface area contributed by atoms with Crippen LogP contribution >= 0.6 is 11.3 Å². The van der Waals surface area contributed by atoms with Crippen LogP contribution in [0.3, 0.4) is 0 Å². The molecule has 9 heteroatoms. The van der Waals surface area contributed by atoms with Crippen molar-refractivity contribution in [3.05, 3.63) is 12.1 Å². The highest BCUT2D eigenvalue weighted by Gasteiger charge is 2.29. The van der Waals surface area contributed by atoms with Crippen molar-refractivity contribution in [2.45, 2.75) is 53.6 Å². The molecule has 2 rings (SSSR count). The molecule has 0 atom stereocenters. The van der Waals surface area contributed by atoms with Crippen molar-refractivity contribution >= 4 is 51.3 Å². The third-order valence-corrected chi connectivity index (χ3v) is 4.88. The van der Waals surface area contributed by atoms with Gasteiger partial charge in [0.1, 0.15) is 5.60 Å². The number of hydrogen-bond acceptors (Lipinski definition) is 6. The van der Waals surface area contributed by atoms with E-state index in [0.717, 1.165) is 4.57 Å². The summed E-state index contributed by atoms with van der Waals surface area (Å²) in [5, 5.41) is 19.9. The maximum Gasteiger partial charge on any atom is 0.506 e. The minimum Gasteiger partial charge on any atom is -0.443 e. The van der Waals surface area contributed by atoms with Gasteiger partial charge in [0, 0.05) is 13.5 Å². The quantitative estimate of drug-likeness (QED) is 0.781. The van der Waals surface area contributed by atoms with Crippen molar-refractivity contribution in [2.75, 3.05) is 11.9 Å². The van der Waals surface area contributed by atoms with E-state index in [0.29, 0.717) is 21.6 Å². The minimum absolute atomic E-state index is 0.0284. The SMILES string of the molecule is CN(C(=O)CC(C)(C)C)c1cc2c(cc(B(O)O)n2C(=O)OC(C)(C)C)s1. The maximum absolute atomic E-state index is 12.6. The summed E-state index contributed by atoms with van der Waals surface area (Å²) in [5.74, 6) is -0.0300. The fourth-order valence-electron chi connectivity index (χ4n) is 2.56. The number of thiophene rings is 1. The molecule has 0 aliphatic carbocycles. The molecule has 0 saturated carbocycles. The number of amides is 1.